The van der Waals surface area contributed by atoms with Crippen LogP contribution >= 0.6 is 11.8 Å². The second-order valence-electron chi connectivity index (χ2n) is 7.04. The number of anilines is 1. The Hall–Kier alpha value is -2.46. The third-order valence-electron chi connectivity index (χ3n) is 4.99. The fourth-order valence-electron chi connectivity index (χ4n) is 3.68. The lowest BCUT2D eigenvalue weighted by atomic mass is 10.1. The lowest BCUT2D eigenvalue weighted by Crippen LogP contribution is -2.38. The van der Waals surface area contributed by atoms with E-state index in [4.69, 9.17) is 4.74 Å². The van der Waals surface area contributed by atoms with Crippen molar-refractivity contribution < 1.29 is 26.7 Å². The number of thioether (sulfide) groups is 1. The van der Waals surface area contributed by atoms with E-state index >= 15 is 0 Å². The smallest absolute Gasteiger partial charge is 0.252 e. The van der Waals surface area contributed by atoms with E-state index in [0.717, 1.165) is 23.9 Å². The van der Waals surface area contributed by atoms with Crippen LogP contribution in [0.1, 0.15) is 5.56 Å². The molecular weight excluding hydrogens is 434 g/mol. The van der Waals surface area contributed by atoms with Crippen molar-refractivity contribution in [2.45, 2.75) is 17.7 Å². The molecule has 0 unspecified atom stereocenters. The van der Waals surface area contributed by atoms with E-state index in [9.17, 15) is 22.0 Å². The fourth-order valence-corrected chi connectivity index (χ4v) is 7.61. The number of fused-ring (bicyclic) bond motifs is 1. The molecule has 6 nitrogen and oxygen atoms in total. The van der Waals surface area contributed by atoms with Crippen molar-refractivity contribution in [2.75, 3.05) is 23.5 Å². The van der Waals surface area contributed by atoms with Crippen molar-refractivity contribution in [3.63, 3.8) is 0 Å². The highest BCUT2D eigenvalue weighted by atomic mass is 32.2. The number of hydrogen-bond donors (Lipinski definition) is 0. The highest BCUT2D eigenvalue weighted by molar-refractivity contribution is 8.16. The summed E-state index contributed by atoms with van der Waals surface area (Å²) in [6, 6.07) is 9.52. The predicted molar refractivity (Wildman–Crippen MR) is 112 cm³/mol. The molecule has 2 saturated heterocycles. The van der Waals surface area contributed by atoms with Crippen LogP contribution in [-0.4, -0.2) is 49.4 Å². The lowest BCUT2D eigenvalue weighted by Gasteiger charge is -2.24. The van der Waals surface area contributed by atoms with Gasteiger partial charge in [-0.1, -0.05) is 30.0 Å². The van der Waals surface area contributed by atoms with Crippen LogP contribution in [0.2, 0.25) is 0 Å². The third kappa shape index (κ3) is 4.06. The zero-order chi connectivity index (χ0) is 21.5. The number of amides is 1. The van der Waals surface area contributed by atoms with Gasteiger partial charge in [0.25, 0.3) is 5.91 Å². The Balaban J connectivity index is 1.68. The Labute approximate surface area is 176 Å². The molecular formula is C20H18F2N2O4S2. The summed E-state index contributed by atoms with van der Waals surface area (Å²) in [6.07, 6.45) is -0.0263. The number of ether oxygens (including phenoxy) is 1. The van der Waals surface area contributed by atoms with Crippen LogP contribution in [-0.2, 0) is 21.1 Å². The SMILES string of the molecule is COc1ccccc1CC(=O)N=C1S[C@H]2CS(=O)(=O)C[C@H]2N1c1ccc(F)cc1F. The van der Waals surface area contributed by atoms with Crippen LogP contribution < -0.4 is 9.64 Å². The average Bonchev–Trinajstić information content (AvgIpc) is 3.13. The second kappa shape index (κ2) is 7.99. The summed E-state index contributed by atoms with van der Waals surface area (Å²) in [7, 11) is -1.79. The van der Waals surface area contributed by atoms with E-state index in [1.165, 1.54) is 18.1 Å². The number of aliphatic imine (C=N–C) groups is 1. The van der Waals surface area contributed by atoms with Crippen LogP contribution in [0.25, 0.3) is 0 Å². The van der Waals surface area contributed by atoms with Gasteiger partial charge in [-0.2, -0.15) is 4.99 Å². The Bertz CT molecular complexity index is 1140. The lowest BCUT2D eigenvalue weighted by molar-refractivity contribution is -0.117. The molecule has 4 rings (SSSR count). The minimum Gasteiger partial charge on any atom is -0.496 e. The molecule has 0 saturated carbocycles. The highest BCUT2D eigenvalue weighted by Gasteiger charge is 2.50. The summed E-state index contributed by atoms with van der Waals surface area (Å²) in [5.74, 6) is -1.77. The molecule has 2 atom stereocenters. The van der Waals surface area contributed by atoms with E-state index < -0.39 is 33.4 Å². The number of amidine groups is 1. The Kier molecular flexibility index (Phi) is 5.54. The van der Waals surface area contributed by atoms with E-state index in [1.54, 1.807) is 24.3 Å². The zero-order valence-electron chi connectivity index (χ0n) is 15.9. The maximum absolute atomic E-state index is 14.5. The summed E-state index contributed by atoms with van der Waals surface area (Å²) in [5.41, 5.74) is 0.650. The second-order valence-corrected chi connectivity index (χ2v) is 10.4. The maximum Gasteiger partial charge on any atom is 0.252 e. The van der Waals surface area contributed by atoms with Crippen LogP contribution in [0.3, 0.4) is 0 Å². The molecule has 0 spiro atoms. The first-order valence-corrected chi connectivity index (χ1v) is 11.8. The summed E-state index contributed by atoms with van der Waals surface area (Å²) in [4.78, 5) is 18.2. The van der Waals surface area contributed by atoms with Gasteiger partial charge in [-0.3, -0.25) is 4.79 Å². The number of benzene rings is 2. The summed E-state index contributed by atoms with van der Waals surface area (Å²) >= 11 is 1.13. The fraction of sp³-hybridized carbons (Fsp3) is 0.300. The molecule has 2 aromatic rings. The van der Waals surface area contributed by atoms with Crippen LogP contribution in [0.4, 0.5) is 14.5 Å². The first kappa shape index (κ1) is 20.8. The number of halogens is 2. The van der Waals surface area contributed by atoms with Gasteiger partial charge in [0.1, 0.15) is 17.4 Å². The molecule has 2 heterocycles. The van der Waals surface area contributed by atoms with Gasteiger partial charge in [0, 0.05) is 16.9 Å². The predicted octanol–water partition coefficient (Wildman–Crippen LogP) is 2.82. The van der Waals surface area contributed by atoms with E-state index in [0.29, 0.717) is 11.3 Å². The average molecular weight is 453 g/mol. The standard InChI is InChI=1S/C20H18F2N2O4S2/c1-28-17-5-3-2-4-12(17)8-19(25)23-20-24(15-7-6-13(21)9-14(15)22)16-10-30(26,27)11-18(16)29-20/h2-7,9,16,18H,8,10-11H2,1H3/t16-,18+/m1/s1. The Morgan fingerprint density at radius 2 is 2.00 bits per heavy atom. The van der Waals surface area contributed by atoms with Crippen molar-refractivity contribution >= 4 is 38.4 Å². The molecule has 0 aliphatic carbocycles. The normalized spacial score (nSPS) is 23.6. The maximum atomic E-state index is 14.5. The van der Waals surface area contributed by atoms with Gasteiger partial charge in [0.15, 0.2) is 15.0 Å². The zero-order valence-corrected chi connectivity index (χ0v) is 17.6. The van der Waals surface area contributed by atoms with Gasteiger partial charge in [0.2, 0.25) is 0 Å². The number of nitrogens with zero attached hydrogens (tertiary/aromatic N) is 2. The van der Waals surface area contributed by atoms with Gasteiger partial charge >= 0.3 is 0 Å². The molecule has 0 aromatic heterocycles. The number of rotatable bonds is 4. The third-order valence-corrected chi connectivity index (χ3v) is 8.20. The van der Waals surface area contributed by atoms with Gasteiger partial charge in [-0.25, -0.2) is 17.2 Å². The Morgan fingerprint density at radius 1 is 1.23 bits per heavy atom. The number of para-hydroxylation sites is 1. The molecule has 2 fully saturated rings. The summed E-state index contributed by atoms with van der Waals surface area (Å²) in [6.45, 7) is 0. The molecule has 2 aliphatic rings. The quantitative estimate of drug-likeness (QED) is 0.710. The van der Waals surface area contributed by atoms with E-state index in [-0.39, 0.29) is 34.0 Å². The topological polar surface area (TPSA) is 76.0 Å². The summed E-state index contributed by atoms with van der Waals surface area (Å²) < 4.78 is 57.3. The van der Waals surface area contributed by atoms with Gasteiger partial charge in [-0.05, 0) is 18.2 Å². The summed E-state index contributed by atoms with van der Waals surface area (Å²) in [5, 5.41) is -0.164. The number of sulfone groups is 1. The molecule has 0 bridgehead atoms. The van der Waals surface area contributed by atoms with Crippen molar-refractivity contribution in [2.24, 2.45) is 4.99 Å². The minimum absolute atomic E-state index is 0.00246. The number of carbonyl (C=O) groups excluding carboxylic acids is 1. The first-order valence-electron chi connectivity index (χ1n) is 9.12. The highest BCUT2D eigenvalue weighted by Crippen LogP contribution is 2.41. The molecule has 2 aromatic carbocycles. The van der Waals surface area contributed by atoms with Crippen molar-refractivity contribution in [3.05, 3.63) is 59.7 Å². The van der Waals surface area contributed by atoms with Crippen molar-refractivity contribution in [3.8, 4) is 5.75 Å². The van der Waals surface area contributed by atoms with Crippen LogP contribution in [0.15, 0.2) is 47.5 Å². The van der Waals surface area contributed by atoms with Crippen molar-refractivity contribution in [1.29, 1.82) is 0 Å². The van der Waals surface area contributed by atoms with E-state index in [2.05, 4.69) is 4.99 Å². The monoisotopic (exact) mass is 452 g/mol. The first-order chi connectivity index (χ1) is 14.3. The molecule has 0 radical (unpaired) electrons. The number of carbonyl (C=O) groups is 1. The number of hydrogen-bond acceptors (Lipinski definition) is 5. The van der Waals surface area contributed by atoms with Crippen molar-refractivity contribution in [1.82, 2.24) is 0 Å². The number of methoxy groups -OCH3 is 1. The molecule has 10 heteroatoms. The van der Waals surface area contributed by atoms with E-state index in [1.807, 2.05) is 0 Å². The molecule has 30 heavy (non-hydrogen) atoms. The molecule has 0 N–H and O–H groups in total. The van der Waals surface area contributed by atoms with Gasteiger partial charge in [0.05, 0.1) is 36.8 Å². The van der Waals surface area contributed by atoms with Crippen LogP contribution in [0, 0.1) is 11.6 Å². The molecule has 158 valence electrons. The molecule has 1 amide bonds. The molecule has 2 aliphatic heterocycles. The Morgan fingerprint density at radius 3 is 2.73 bits per heavy atom. The largest absolute Gasteiger partial charge is 0.496 e. The van der Waals surface area contributed by atoms with Gasteiger partial charge < -0.3 is 9.64 Å². The minimum atomic E-state index is -3.29. The van der Waals surface area contributed by atoms with Crippen LogP contribution in [0.5, 0.6) is 5.75 Å². The van der Waals surface area contributed by atoms with Gasteiger partial charge in [-0.15, -0.1) is 0 Å².